The number of nitrogens with two attached hydrogens (primary N) is 1. The van der Waals surface area contributed by atoms with Crippen LogP contribution in [0.15, 0.2) is 41.3 Å². The average Bonchev–Trinajstić information content (AvgIpc) is 2.65. The maximum Gasteiger partial charge on any atom is 0.337 e. The fourth-order valence-corrected chi connectivity index (χ4v) is 3.55. The number of hydrogen-bond acceptors (Lipinski definition) is 8. The van der Waals surface area contributed by atoms with Gasteiger partial charge in [-0.2, -0.15) is 0 Å². The summed E-state index contributed by atoms with van der Waals surface area (Å²) in [6.45, 7) is 0. The summed E-state index contributed by atoms with van der Waals surface area (Å²) < 4.78 is 37.1. The molecule has 0 amide bonds. The topological polar surface area (TPSA) is 128 Å². The molecule has 0 aromatic heterocycles. The van der Waals surface area contributed by atoms with Crippen molar-refractivity contribution in [2.24, 2.45) is 0 Å². The van der Waals surface area contributed by atoms with E-state index in [0.717, 1.165) is 0 Å². The Hall–Kier alpha value is -3.27. The summed E-state index contributed by atoms with van der Waals surface area (Å²) in [5.41, 5.74) is 6.85. The van der Waals surface area contributed by atoms with Gasteiger partial charge in [0.15, 0.2) is 0 Å². The number of methoxy groups -OCH3 is 2. The molecule has 28 heavy (non-hydrogen) atoms. The van der Waals surface area contributed by atoms with Crippen molar-refractivity contribution in [2.75, 3.05) is 43.7 Å². The Morgan fingerprint density at radius 3 is 1.93 bits per heavy atom. The average molecular weight is 407 g/mol. The quantitative estimate of drug-likeness (QED) is 0.547. The first-order valence-electron chi connectivity index (χ1n) is 8.00. The van der Waals surface area contributed by atoms with Crippen molar-refractivity contribution in [1.82, 2.24) is 0 Å². The van der Waals surface area contributed by atoms with Crippen LogP contribution in [-0.2, 0) is 19.5 Å². The highest BCUT2D eigenvalue weighted by molar-refractivity contribution is 7.92. The predicted octanol–water partition coefficient (Wildman–Crippen LogP) is 1.71. The zero-order valence-corrected chi connectivity index (χ0v) is 16.7. The number of anilines is 3. The Morgan fingerprint density at radius 1 is 0.964 bits per heavy atom. The first kappa shape index (κ1) is 21.0. The van der Waals surface area contributed by atoms with Crippen LogP contribution in [0.25, 0.3) is 0 Å². The number of nitrogen functional groups attached to an aromatic ring is 1. The zero-order valence-electron chi connectivity index (χ0n) is 15.8. The number of carbonyl (C=O) groups is 2. The minimum absolute atomic E-state index is 0.00134. The van der Waals surface area contributed by atoms with Gasteiger partial charge >= 0.3 is 11.9 Å². The fourth-order valence-electron chi connectivity index (χ4n) is 2.48. The van der Waals surface area contributed by atoms with E-state index in [0.29, 0.717) is 5.69 Å². The van der Waals surface area contributed by atoms with Crippen molar-refractivity contribution in [1.29, 1.82) is 0 Å². The largest absolute Gasteiger partial charge is 0.465 e. The van der Waals surface area contributed by atoms with E-state index in [1.54, 1.807) is 25.1 Å². The molecule has 3 N–H and O–H groups in total. The number of carbonyl (C=O) groups excluding carboxylic acids is 2. The molecule has 2 rings (SSSR count). The molecule has 0 bridgehead atoms. The number of benzene rings is 2. The second-order valence-electron chi connectivity index (χ2n) is 6.00. The van der Waals surface area contributed by atoms with Gasteiger partial charge in [-0.25, -0.2) is 18.0 Å². The smallest absolute Gasteiger partial charge is 0.337 e. The van der Waals surface area contributed by atoms with Crippen molar-refractivity contribution in [3.05, 3.63) is 47.5 Å². The number of rotatable bonds is 6. The van der Waals surface area contributed by atoms with Gasteiger partial charge in [0, 0.05) is 14.1 Å². The Kier molecular flexibility index (Phi) is 6.14. The van der Waals surface area contributed by atoms with Gasteiger partial charge in [0.1, 0.15) is 0 Å². The lowest BCUT2D eigenvalue weighted by Crippen LogP contribution is -2.16. The van der Waals surface area contributed by atoms with Crippen LogP contribution in [0.4, 0.5) is 17.1 Å². The third-order valence-corrected chi connectivity index (χ3v) is 5.20. The molecule has 0 atom stereocenters. The summed E-state index contributed by atoms with van der Waals surface area (Å²) in [5, 5.41) is 0. The number of sulfonamides is 1. The van der Waals surface area contributed by atoms with Gasteiger partial charge < -0.3 is 20.1 Å². The van der Waals surface area contributed by atoms with E-state index in [1.165, 1.54) is 44.6 Å². The highest BCUT2D eigenvalue weighted by Gasteiger charge is 2.19. The lowest BCUT2D eigenvalue weighted by molar-refractivity contribution is 0.0599. The van der Waals surface area contributed by atoms with Crippen LogP contribution in [0.5, 0.6) is 0 Å². The van der Waals surface area contributed by atoms with Gasteiger partial charge in [0.25, 0.3) is 10.0 Å². The maximum atomic E-state index is 12.7. The van der Waals surface area contributed by atoms with E-state index < -0.39 is 22.0 Å². The van der Waals surface area contributed by atoms with Gasteiger partial charge in [0.2, 0.25) is 0 Å². The Balaban J connectivity index is 2.46. The molecule has 0 heterocycles. The SMILES string of the molecule is COC(=O)c1cc(NS(=O)(=O)c2ccc(N(C)C)c(N)c2)cc(C(=O)OC)c1. The van der Waals surface area contributed by atoms with Crippen LogP contribution in [0, 0.1) is 0 Å². The number of hydrogen-bond donors (Lipinski definition) is 2. The number of esters is 2. The molecule has 10 heteroatoms. The third kappa shape index (κ3) is 4.52. The fraction of sp³-hybridized carbons (Fsp3) is 0.222. The normalized spacial score (nSPS) is 10.9. The summed E-state index contributed by atoms with van der Waals surface area (Å²) in [6, 6.07) is 8.07. The summed E-state index contributed by atoms with van der Waals surface area (Å²) in [7, 11) is 1.88. The minimum atomic E-state index is -4.03. The summed E-state index contributed by atoms with van der Waals surface area (Å²) in [4.78, 5) is 25.4. The minimum Gasteiger partial charge on any atom is -0.465 e. The van der Waals surface area contributed by atoms with E-state index >= 15 is 0 Å². The van der Waals surface area contributed by atoms with Crippen LogP contribution in [0.1, 0.15) is 20.7 Å². The molecule has 2 aromatic rings. The molecule has 2 aromatic carbocycles. The van der Waals surface area contributed by atoms with E-state index in [2.05, 4.69) is 14.2 Å². The number of nitrogens with zero attached hydrogens (tertiary/aromatic N) is 1. The van der Waals surface area contributed by atoms with Gasteiger partial charge in [-0.1, -0.05) is 0 Å². The maximum absolute atomic E-state index is 12.7. The Morgan fingerprint density at radius 2 is 1.50 bits per heavy atom. The molecule has 150 valence electrons. The first-order valence-corrected chi connectivity index (χ1v) is 9.48. The van der Waals surface area contributed by atoms with Crippen molar-refractivity contribution in [3.8, 4) is 0 Å². The molecule has 0 fully saturated rings. The number of ether oxygens (including phenoxy) is 2. The van der Waals surface area contributed by atoms with Gasteiger partial charge in [-0.15, -0.1) is 0 Å². The number of nitrogens with one attached hydrogen (secondary N) is 1. The zero-order chi connectivity index (χ0) is 21.1. The molecular weight excluding hydrogens is 386 g/mol. The highest BCUT2D eigenvalue weighted by atomic mass is 32.2. The first-order chi connectivity index (χ1) is 13.1. The second-order valence-corrected chi connectivity index (χ2v) is 7.69. The molecule has 0 radical (unpaired) electrons. The summed E-state index contributed by atoms with van der Waals surface area (Å²) in [6.07, 6.45) is 0. The molecule has 0 aliphatic carbocycles. The summed E-state index contributed by atoms with van der Waals surface area (Å²) >= 11 is 0. The van der Waals surface area contributed by atoms with E-state index in [9.17, 15) is 18.0 Å². The molecule has 0 aliphatic rings. The van der Waals surface area contributed by atoms with Gasteiger partial charge in [-0.05, 0) is 36.4 Å². The van der Waals surface area contributed by atoms with E-state index in [-0.39, 0.29) is 27.4 Å². The van der Waals surface area contributed by atoms with Crippen molar-refractivity contribution in [3.63, 3.8) is 0 Å². The van der Waals surface area contributed by atoms with Crippen molar-refractivity contribution < 1.29 is 27.5 Å². The predicted molar refractivity (Wildman–Crippen MR) is 105 cm³/mol. The Bertz CT molecular complexity index is 984. The monoisotopic (exact) mass is 407 g/mol. The van der Waals surface area contributed by atoms with Crippen LogP contribution in [0.3, 0.4) is 0 Å². The van der Waals surface area contributed by atoms with Crippen molar-refractivity contribution >= 4 is 39.0 Å². The van der Waals surface area contributed by atoms with E-state index in [4.69, 9.17) is 5.73 Å². The van der Waals surface area contributed by atoms with Crippen LogP contribution in [-0.4, -0.2) is 48.7 Å². The standard InChI is InChI=1S/C18H21N3O6S/c1-21(2)16-6-5-14(10-15(16)19)28(24,25)20-13-8-11(17(22)26-3)7-12(9-13)18(23)27-4/h5-10,20H,19H2,1-4H3. The van der Waals surface area contributed by atoms with Crippen LogP contribution in [0.2, 0.25) is 0 Å². The lowest BCUT2D eigenvalue weighted by Gasteiger charge is -2.16. The highest BCUT2D eigenvalue weighted by Crippen LogP contribution is 2.26. The molecule has 0 unspecified atom stereocenters. The van der Waals surface area contributed by atoms with Crippen LogP contribution < -0.4 is 15.4 Å². The molecule has 0 saturated heterocycles. The van der Waals surface area contributed by atoms with E-state index in [1.807, 2.05) is 0 Å². The van der Waals surface area contributed by atoms with Crippen molar-refractivity contribution in [2.45, 2.75) is 4.90 Å². The third-order valence-electron chi connectivity index (χ3n) is 3.82. The van der Waals surface area contributed by atoms with Crippen LogP contribution >= 0.6 is 0 Å². The second kappa shape index (κ2) is 8.17. The molecular formula is C18H21N3O6S. The lowest BCUT2D eigenvalue weighted by atomic mass is 10.1. The molecule has 0 spiro atoms. The van der Waals surface area contributed by atoms with Gasteiger partial charge in [0.05, 0.1) is 47.3 Å². The molecule has 0 saturated carbocycles. The Labute approximate surface area is 163 Å². The summed E-state index contributed by atoms with van der Waals surface area (Å²) in [5.74, 6) is -1.46. The van der Waals surface area contributed by atoms with Gasteiger partial charge in [-0.3, -0.25) is 4.72 Å². The molecule has 0 aliphatic heterocycles. The molecule has 9 nitrogen and oxygen atoms in total.